The molecular weight excluding hydrogens is 324 g/mol. The number of hydrogen-bond acceptors (Lipinski definition) is 3. The Morgan fingerprint density at radius 1 is 1.08 bits per heavy atom. The van der Waals surface area contributed by atoms with Crippen molar-refractivity contribution < 1.29 is 9.53 Å². The highest BCUT2D eigenvalue weighted by molar-refractivity contribution is 5.94. The number of nitrogens with zero attached hydrogens (tertiary/aromatic N) is 2. The molecule has 1 aliphatic heterocycles. The van der Waals surface area contributed by atoms with Crippen molar-refractivity contribution in [3.05, 3.63) is 65.0 Å². The third-order valence-electron chi connectivity index (χ3n) is 5.52. The van der Waals surface area contributed by atoms with Crippen LogP contribution in [0.2, 0.25) is 0 Å². The van der Waals surface area contributed by atoms with Crippen molar-refractivity contribution in [3.63, 3.8) is 0 Å². The highest BCUT2D eigenvalue weighted by Crippen LogP contribution is 2.24. The van der Waals surface area contributed by atoms with Gasteiger partial charge in [0.2, 0.25) is 0 Å². The number of amides is 1. The van der Waals surface area contributed by atoms with Crippen molar-refractivity contribution in [1.29, 1.82) is 0 Å². The lowest BCUT2D eigenvalue weighted by atomic mass is 9.90. The van der Waals surface area contributed by atoms with Gasteiger partial charge in [-0.3, -0.25) is 9.78 Å². The summed E-state index contributed by atoms with van der Waals surface area (Å²) in [4.78, 5) is 19.1. The third kappa shape index (κ3) is 3.96. The molecule has 0 saturated carbocycles. The SMILES string of the molecule is O=C(c1ccc2c(c1)CCCC2)N1CCC(OCc2ccccn2)CC1. The summed E-state index contributed by atoms with van der Waals surface area (Å²) in [5.74, 6) is 0.168. The number of pyridine rings is 1. The predicted octanol–water partition coefficient (Wildman–Crippen LogP) is 3.78. The first-order valence-corrected chi connectivity index (χ1v) is 9.72. The first-order valence-electron chi connectivity index (χ1n) is 9.72. The van der Waals surface area contributed by atoms with E-state index in [0.717, 1.165) is 50.0 Å². The summed E-state index contributed by atoms with van der Waals surface area (Å²) in [5.41, 5.74) is 4.60. The van der Waals surface area contributed by atoms with Crippen molar-refractivity contribution in [2.45, 2.75) is 51.2 Å². The van der Waals surface area contributed by atoms with Gasteiger partial charge in [0.25, 0.3) is 5.91 Å². The molecule has 1 amide bonds. The average Bonchev–Trinajstić information content (AvgIpc) is 2.72. The Morgan fingerprint density at radius 2 is 1.88 bits per heavy atom. The van der Waals surface area contributed by atoms with Gasteiger partial charge in [0.1, 0.15) is 0 Å². The number of fused-ring (bicyclic) bond motifs is 1. The second-order valence-corrected chi connectivity index (χ2v) is 7.31. The maximum atomic E-state index is 12.8. The van der Waals surface area contributed by atoms with Crippen molar-refractivity contribution in [2.24, 2.45) is 0 Å². The lowest BCUT2D eigenvalue weighted by Gasteiger charge is -2.32. The molecule has 2 aliphatic rings. The molecular formula is C22H26N2O2. The maximum Gasteiger partial charge on any atom is 0.253 e. The minimum atomic E-state index is 0.168. The van der Waals surface area contributed by atoms with Crippen LogP contribution < -0.4 is 0 Å². The van der Waals surface area contributed by atoms with Crippen LogP contribution in [0.5, 0.6) is 0 Å². The Bertz CT molecular complexity index is 752. The molecule has 1 fully saturated rings. The second kappa shape index (κ2) is 8.00. The van der Waals surface area contributed by atoms with E-state index in [1.54, 1.807) is 6.20 Å². The van der Waals surface area contributed by atoms with Crippen LogP contribution in [0.1, 0.15) is 52.9 Å². The summed E-state index contributed by atoms with van der Waals surface area (Å²) in [6.45, 7) is 2.08. The van der Waals surface area contributed by atoms with Gasteiger partial charge in [-0.15, -0.1) is 0 Å². The minimum Gasteiger partial charge on any atom is -0.372 e. The van der Waals surface area contributed by atoms with Gasteiger partial charge < -0.3 is 9.64 Å². The number of aromatic nitrogens is 1. The summed E-state index contributed by atoms with van der Waals surface area (Å²) in [6, 6.07) is 12.2. The van der Waals surface area contributed by atoms with Gasteiger partial charge in [0.05, 0.1) is 18.4 Å². The number of hydrogen-bond donors (Lipinski definition) is 0. The summed E-state index contributed by atoms with van der Waals surface area (Å²) in [7, 11) is 0. The Kier molecular flexibility index (Phi) is 5.30. The third-order valence-corrected chi connectivity index (χ3v) is 5.52. The number of ether oxygens (including phenoxy) is 1. The molecule has 0 N–H and O–H groups in total. The Morgan fingerprint density at radius 3 is 2.65 bits per heavy atom. The molecule has 1 aromatic heterocycles. The van der Waals surface area contributed by atoms with Gasteiger partial charge in [-0.05, 0) is 73.9 Å². The highest BCUT2D eigenvalue weighted by atomic mass is 16.5. The van der Waals surface area contributed by atoms with E-state index in [9.17, 15) is 4.79 Å². The van der Waals surface area contributed by atoms with Crippen molar-refractivity contribution in [1.82, 2.24) is 9.88 Å². The first-order chi connectivity index (χ1) is 12.8. The molecule has 136 valence electrons. The van der Waals surface area contributed by atoms with Gasteiger partial charge in [-0.25, -0.2) is 0 Å². The van der Waals surface area contributed by atoms with E-state index in [2.05, 4.69) is 17.1 Å². The van der Waals surface area contributed by atoms with Crippen LogP contribution in [0.3, 0.4) is 0 Å². The summed E-state index contributed by atoms with van der Waals surface area (Å²) in [6.07, 6.45) is 8.56. The zero-order valence-corrected chi connectivity index (χ0v) is 15.2. The zero-order chi connectivity index (χ0) is 17.8. The number of piperidine rings is 1. The lowest BCUT2D eigenvalue weighted by molar-refractivity contribution is -0.00161. The largest absolute Gasteiger partial charge is 0.372 e. The quantitative estimate of drug-likeness (QED) is 0.843. The molecule has 2 aromatic rings. The van der Waals surface area contributed by atoms with Gasteiger partial charge in [-0.2, -0.15) is 0 Å². The van der Waals surface area contributed by atoms with Gasteiger partial charge in [0, 0.05) is 24.8 Å². The van der Waals surface area contributed by atoms with Crippen LogP contribution in [0, 0.1) is 0 Å². The molecule has 1 aromatic carbocycles. The first kappa shape index (κ1) is 17.2. The smallest absolute Gasteiger partial charge is 0.253 e. The fraction of sp³-hybridized carbons (Fsp3) is 0.455. The number of likely N-dealkylation sites (tertiary alicyclic amines) is 1. The van der Waals surface area contributed by atoms with Gasteiger partial charge in [0.15, 0.2) is 0 Å². The van der Waals surface area contributed by atoms with E-state index in [-0.39, 0.29) is 12.0 Å². The number of carbonyl (C=O) groups is 1. The molecule has 4 heteroatoms. The van der Waals surface area contributed by atoms with Crippen LogP contribution >= 0.6 is 0 Å². The molecule has 26 heavy (non-hydrogen) atoms. The molecule has 0 atom stereocenters. The Labute approximate surface area is 155 Å². The molecule has 1 aliphatic carbocycles. The molecule has 0 radical (unpaired) electrons. The van der Waals surface area contributed by atoms with Crippen molar-refractivity contribution in [3.8, 4) is 0 Å². The van der Waals surface area contributed by atoms with Gasteiger partial charge in [-0.1, -0.05) is 12.1 Å². The molecule has 4 nitrogen and oxygen atoms in total. The number of benzene rings is 1. The molecule has 0 unspecified atom stereocenters. The zero-order valence-electron chi connectivity index (χ0n) is 15.2. The molecule has 2 heterocycles. The van der Waals surface area contributed by atoms with Crippen LogP contribution in [-0.2, 0) is 24.2 Å². The predicted molar refractivity (Wildman–Crippen MR) is 101 cm³/mol. The van der Waals surface area contributed by atoms with Crippen LogP contribution in [0.25, 0.3) is 0 Å². The Hall–Kier alpha value is -2.20. The topological polar surface area (TPSA) is 42.4 Å². The standard InChI is InChI=1S/C22H26N2O2/c25-22(19-9-8-17-5-1-2-6-18(17)15-19)24-13-10-21(11-14-24)26-16-20-7-3-4-12-23-20/h3-4,7-9,12,15,21H,1-2,5-6,10-11,13-14,16H2. The molecule has 0 spiro atoms. The van der Waals surface area contributed by atoms with E-state index in [4.69, 9.17) is 4.74 Å². The lowest BCUT2D eigenvalue weighted by Crippen LogP contribution is -2.41. The number of carbonyl (C=O) groups excluding carboxylic acids is 1. The van der Waals surface area contributed by atoms with E-state index < -0.39 is 0 Å². The van der Waals surface area contributed by atoms with Crippen LogP contribution in [-0.4, -0.2) is 35.0 Å². The van der Waals surface area contributed by atoms with Crippen LogP contribution in [0.4, 0.5) is 0 Å². The fourth-order valence-corrected chi connectivity index (χ4v) is 3.96. The van der Waals surface area contributed by atoms with Crippen molar-refractivity contribution >= 4 is 5.91 Å². The van der Waals surface area contributed by atoms with Crippen molar-refractivity contribution in [2.75, 3.05) is 13.1 Å². The summed E-state index contributed by atoms with van der Waals surface area (Å²) >= 11 is 0. The molecule has 0 bridgehead atoms. The average molecular weight is 350 g/mol. The summed E-state index contributed by atoms with van der Waals surface area (Å²) in [5, 5.41) is 0. The molecule has 1 saturated heterocycles. The number of rotatable bonds is 4. The van der Waals surface area contributed by atoms with E-state index in [0.29, 0.717) is 6.61 Å². The van der Waals surface area contributed by atoms with Crippen LogP contribution in [0.15, 0.2) is 42.6 Å². The van der Waals surface area contributed by atoms with E-state index >= 15 is 0 Å². The second-order valence-electron chi connectivity index (χ2n) is 7.31. The Balaban J connectivity index is 1.31. The number of aryl methyl sites for hydroxylation is 2. The molecule has 4 rings (SSSR count). The minimum absolute atomic E-state index is 0.168. The summed E-state index contributed by atoms with van der Waals surface area (Å²) < 4.78 is 5.98. The maximum absolute atomic E-state index is 12.8. The highest BCUT2D eigenvalue weighted by Gasteiger charge is 2.24. The van der Waals surface area contributed by atoms with E-state index in [1.807, 2.05) is 29.2 Å². The van der Waals surface area contributed by atoms with E-state index in [1.165, 1.54) is 24.0 Å². The monoisotopic (exact) mass is 350 g/mol. The fourth-order valence-electron chi connectivity index (χ4n) is 3.96. The van der Waals surface area contributed by atoms with Gasteiger partial charge >= 0.3 is 0 Å². The normalized spacial score (nSPS) is 17.8.